The number of hydrogen-bond acceptors (Lipinski definition) is 3. The molecule has 0 radical (unpaired) electrons. The lowest BCUT2D eigenvalue weighted by Gasteiger charge is -2.08. The minimum absolute atomic E-state index is 0.195. The summed E-state index contributed by atoms with van der Waals surface area (Å²) in [5.41, 5.74) is 0. The van der Waals surface area contributed by atoms with Crippen LogP contribution in [0.3, 0.4) is 0 Å². The van der Waals surface area contributed by atoms with Crippen LogP contribution in [-0.2, 0) is 0 Å². The molecule has 0 amide bonds. The Hall–Kier alpha value is -0.540. The zero-order chi connectivity index (χ0) is 10.0. The fraction of sp³-hybridized carbons (Fsp3) is 0.500. The maximum Gasteiger partial charge on any atom is 0.193 e. The first-order valence-corrected chi connectivity index (χ1v) is 4.58. The first kappa shape index (κ1) is 10.5. The molecule has 13 heavy (non-hydrogen) atoms. The molecule has 0 bridgehead atoms. The Morgan fingerprint density at radius 1 is 1.15 bits per heavy atom. The fourth-order valence-electron chi connectivity index (χ4n) is 0.839. The predicted octanol–water partition coefficient (Wildman–Crippen LogP) is 2.92. The Labute approximate surface area is 87.1 Å². The van der Waals surface area contributed by atoms with Crippen LogP contribution in [0.1, 0.15) is 25.6 Å². The van der Waals surface area contributed by atoms with Gasteiger partial charge in [-0.1, -0.05) is 37.0 Å². The van der Waals surface area contributed by atoms with Crippen LogP contribution < -0.4 is 4.74 Å². The van der Waals surface area contributed by atoms with E-state index in [9.17, 15) is 0 Å². The third kappa shape index (κ3) is 2.23. The zero-order valence-corrected chi connectivity index (χ0v) is 9.15. The van der Waals surface area contributed by atoms with Gasteiger partial charge in [-0.15, -0.1) is 0 Å². The van der Waals surface area contributed by atoms with Crippen molar-refractivity contribution in [3.8, 4) is 5.75 Å². The number of rotatable bonds is 2. The van der Waals surface area contributed by atoms with Gasteiger partial charge in [0.1, 0.15) is 5.82 Å². The molecule has 0 unspecified atom stereocenters. The summed E-state index contributed by atoms with van der Waals surface area (Å²) in [7, 11) is 1.48. The third-order valence-corrected chi connectivity index (χ3v) is 2.03. The number of hydrogen-bond donors (Lipinski definition) is 0. The summed E-state index contributed by atoms with van der Waals surface area (Å²) in [6.07, 6.45) is 0. The molecular formula is C8H10Cl2N2O. The molecule has 0 saturated carbocycles. The second kappa shape index (κ2) is 4.11. The molecule has 1 rings (SSSR count). The normalized spacial score (nSPS) is 10.6. The first-order valence-electron chi connectivity index (χ1n) is 3.83. The lowest BCUT2D eigenvalue weighted by atomic mass is 10.2. The van der Waals surface area contributed by atoms with Crippen LogP contribution in [0.25, 0.3) is 0 Å². The summed E-state index contributed by atoms with van der Waals surface area (Å²) in [6.45, 7) is 3.93. The van der Waals surface area contributed by atoms with Crippen molar-refractivity contribution in [3.05, 3.63) is 16.1 Å². The molecule has 0 aliphatic heterocycles. The third-order valence-electron chi connectivity index (χ3n) is 1.52. The van der Waals surface area contributed by atoms with Gasteiger partial charge < -0.3 is 4.74 Å². The van der Waals surface area contributed by atoms with E-state index in [-0.39, 0.29) is 16.2 Å². The molecule has 5 heteroatoms. The lowest BCUT2D eigenvalue weighted by Crippen LogP contribution is -2.00. The van der Waals surface area contributed by atoms with Gasteiger partial charge in [0.15, 0.2) is 16.1 Å². The maximum atomic E-state index is 5.82. The monoisotopic (exact) mass is 220 g/mol. The molecular weight excluding hydrogens is 211 g/mol. The predicted molar refractivity (Wildman–Crippen MR) is 52.7 cm³/mol. The van der Waals surface area contributed by atoms with E-state index in [0.29, 0.717) is 11.6 Å². The minimum atomic E-state index is 0.195. The first-order chi connectivity index (χ1) is 6.06. The largest absolute Gasteiger partial charge is 0.491 e. The molecule has 0 aromatic carbocycles. The molecule has 0 aliphatic carbocycles. The van der Waals surface area contributed by atoms with Gasteiger partial charge in [-0.2, -0.15) is 0 Å². The maximum absolute atomic E-state index is 5.82. The highest BCUT2D eigenvalue weighted by atomic mass is 35.5. The van der Waals surface area contributed by atoms with Crippen molar-refractivity contribution in [2.75, 3.05) is 7.11 Å². The van der Waals surface area contributed by atoms with Crippen molar-refractivity contribution in [1.82, 2.24) is 9.97 Å². The molecule has 3 nitrogen and oxygen atoms in total. The van der Waals surface area contributed by atoms with Gasteiger partial charge in [0.05, 0.1) is 7.11 Å². The van der Waals surface area contributed by atoms with Crippen molar-refractivity contribution in [1.29, 1.82) is 0 Å². The highest BCUT2D eigenvalue weighted by Crippen LogP contribution is 2.30. The van der Waals surface area contributed by atoms with Crippen LogP contribution in [0.4, 0.5) is 0 Å². The van der Waals surface area contributed by atoms with Crippen molar-refractivity contribution in [3.63, 3.8) is 0 Å². The molecule has 72 valence electrons. The van der Waals surface area contributed by atoms with E-state index in [1.807, 2.05) is 13.8 Å². The van der Waals surface area contributed by atoms with Crippen molar-refractivity contribution in [2.24, 2.45) is 0 Å². The Morgan fingerprint density at radius 3 is 1.92 bits per heavy atom. The summed E-state index contributed by atoms with van der Waals surface area (Å²) in [5, 5.41) is 0.511. The highest BCUT2D eigenvalue weighted by molar-refractivity contribution is 6.35. The summed E-state index contributed by atoms with van der Waals surface area (Å²) < 4.78 is 4.92. The van der Waals surface area contributed by atoms with Gasteiger partial charge in [-0.3, -0.25) is 0 Å². The molecule has 0 spiro atoms. The van der Waals surface area contributed by atoms with E-state index in [1.165, 1.54) is 7.11 Å². The number of halogens is 2. The molecule has 0 saturated heterocycles. The molecule has 0 fully saturated rings. The highest BCUT2D eigenvalue weighted by Gasteiger charge is 2.13. The molecule has 1 heterocycles. The Balaban J connectivity index is 3.20. The Kier molecular flexibility index (Phi) is 3.33. The van der Waals surface area contributed by atoms with Gasteiger partial charge in [-0.25, -0.2) is 9.97 Å². The van der Waals surface area contributed by atoms with Gasteiger partial charge >= 0.3 is 0 Å². The molecule has 1 aromatic heterocycles. The van der Waals surface area contributed by atoms with E-state index in [1.54, 1.807) is 0 Å². The quantitative estimate of drug-likeness (QED) is 0.720. The summed E-state index contributed by atoms with van der Waals surface area (Å²) in [6, 6.07) is 0. The molecule has 1 aromatic rings. The van der Waals surface area contributed by atoms with Crippen molar-refractivity contribution >= 4 is 23.2 Å². The number of nitrogens with zero attached hydrogens (tertiary/aromatic N) is 2. The summed E-state index contributed by atoms with van der Waals surface area (Å²) in [5.74, 6) is 1.14. The van der Waals surface area contributed by atoms with Crippen LogP contribution >= 0.6 is 23.2 Å². The van der Waals surface area contributed by atoms with E-state index in [2.05, 4.69) is 9.97 Å². The van der Waals surface area contributed by atoms with Crippen molar-refractivity contribution in [2.45, 2.75) is 19.8 Å². The number of methoxy groups -OCH3 is 1. The Morgan fingerprint density at radius 2 is 1.62 bits per heavy atom. The average Bonchev–Trinajstić information content (AvgIpc) is 2.03. The minimum Gasteiger partial charge on any atom is -0.491 e. The van der Waals surface area contributed by atoms with Crippen LogP contribution in [0.5, 0.6) is 5.75 Å². The second-order valence-electron chi connectivity index (χ2n) is 2.85. The SMILES string of the molecule is COc1c(Cl)nc(C(C)C)nc1Cl. The van der Waals surface area contributed by atoms with Crippen molar-refractivity contribution < 1.29 is 4.74 Å². The summed E-state index contributed by atoms with van der Waals surface area (Å²) >= 11 is 11.6. The van der Waals surface area contributed by atoms with E-state index >= 15 is 0 Å². The van der Waals surface area contributed by atoms with Crippen LogP contribution in [-0.4, -0.2) is 17.1 Å². The number of aromatic nitrogens is 2. The van der Waals surface area contributed by atoms with Crippen LogP contribution in [0, 0.1) is 0 Å². The molecule has 0 aliphatic rings. The van der Waals surface area contributed by atoms with E-state index < -0.39 is 0 Å². The zero-order valence-electron chi connectivity index (χ0n) is 7.64. The lowest BCUT2D eigenvalue weighted by molar-refractivity contribution is 0.410. The smallest absolute Gasteiger partial charge is 0.193 e. The topological polar surface area (TPSA) is 35.0 Å². The average molecular weight is 221 g/mol. The second-order valence-corrected chi connectivity index (χ2v) is 3.57. The van der Waals surface area contributed by atoms with Crippen LogP contribution in [0.15, 0.2) is 0 Å². The number of ether oxygens (including phenoxy) is 1. The fourth-order valence-corrected chi connectivity index (χ4v) is 1.39. The van der Waals surface area contributed by atoms with Gasteiger partial charge in [-0.05, 0) is 0 Å². The Bertz CT molecular complexity index is 292. The molecule has 0 N–H and O–H groups in total. The van der Waals surface area contributed by atoms with Gasteiger partial charge in [0.2, 0.25) is 0 Å². The van der Waals surface area contributed by atoms with E-state index in [0.717, 1.165) is 0 Å². The van der Waals surface area contributed by atoms with E-state index in [4.69, 9.17) is 27.9 Å². The van der Waals surface area contributed by atoms with Crippen LogP contribution in [0.2, 0.25) is 10.3 Å². The van der Waals surface area contributed by atoms with Gasteiger partial charge in [0.25, 0.3) is 0 Å². The molecule has 0 atom stereocenters. The van der Waals surface area contributed by atoms with Gasteiger partial charge in [0, 0.05) is 5.92 Å². The standard InChI is InChI=1S/C8H10Cl2N2O/c1-4(2)8-11-6(9)5(13-3)7(10)12-8/h4H,1-3H3. The summed E-state index contributed by atoms with van der Waals surface area (Å²) in [4.78, 5) is 8.10.